The number of morpholine rings is 1. The first-order chi connectivity index (χ1) is 14.4. The first-order valence-corrected chi connectivity index (χ1v) is 9.51. The highest BCUT2D eigenvalue weighted by Gasteiger charge is 2.31. The van der Waals surface area contributed by atoms with E-state index in [-0.39, 0.29) is 37.6 Å². The maximum Gasteiger partial charge on any atom is 0.407 e. The number of nitrogens with one attached hydrogen (secondary N) is 1. The van der Waals surface area contributed by atoms with Crippen molar-refractivity contribution in [2.45, 2.75) is 25.0 Å². The predicted molar refractivity (Wildman–Crippen MR) is 105 cm³/mol. The third kappa shape index (κ3) is 3.44. The van der Waals surface area contributed by atoms with E-state index in [9.17, 15) is 19.2 Å². The Morgan fingerprint density at radius 2 is 2.10 bits per heavy atom. The summed E-state index contributed by atoms with van der Waals surface area (Å²) in [6.45, 7) is 0.709. The quantitative estimate of drug-likeness (QED) is 0.504. The van der Waals surface area contributed by atoms with Crippen molar-refractivity contribution >= 4 is 28.9 Å². The molecule has 10 heteroatoms. The molecule has 3 heterocycles. The van der Waals surface area contributed by atoms with E-state index in [1.807, 2.05) is 0 Å². The van der Waals surface area contributed by atoms with Gasteiger partial charge in [-0.1, -0.05) is 17.9 Å². The van der Waals surface area contributed by atoms with Crippen molar-refractivity contribution in [1.82, 2.24) is 19.4 Å². The number of amides is 3. The Bertz CT molecular complexity index is 1170. The number of aryl methyl sites for hydroxylation is 1. The molecule has 2 saturated heterocycles. The Balaban J connectivity index is 1.72. The Morgan fingerprint density at radius 1 is 1.30 bits per heavy atom. The fourth-order valence-corrected chi connectivity index (χ4v) is 3.84. The van der Waals surface area contributed by atoms with Crippen LogP contribution in [0.1, 0.15) is 24.4 Å². The number of fused-ring (bicyclic) bond motifs is 1. The number of carboxylic acid groups (broad SMARTS) is 1. The molecule has 30 heavy (non-hydrogen) atoms. The van der Waals surface area contributed by atoms with Crippen molar-refractivity contribution in [3.05, 3.63) is 34.2 Å². The lowest BCUT2D eigenvalue weighted by atomic mass is 10.1. The highest BCUT2D eigenvalue weighted by Crippen LogP contribution is 2.24. The van der Waals surface area contributed by atoms with Crippen molar-refractivity contribution in [3.63, 3.8) is 0 Å². The summed E-state index contributed by atoms with van der Waals surface area (Å²) in [6, 6.07) is 4.45. The highest BCUT2D eigenvalue weighted by atomic mass is 16.5. The molecule has 4 rings (SSSR count). The number of carbonyl (C=O) groups excluding carboxylic acids is 2. The fraction of sp³-hybridized carbons (Fsp3) is 0.400. The second-order valence-electron chi connectivity index (χ2n) is 7.21. The van der Waals surface area contributed by atoms with Gasteiger partial charge in [-0.3, -0.25) is 24.0 Å². The zero-order valence-corrected chi connectivity index (χ0v) is 16.3. The van der Waals surface area contributed by atoms with Crippen LogP contribution in [0.15, 0.2) is 23.0 Å². The number of aromatic nitrogens is 2. The van der Waals surface area contributed by atoms with Crippen molar-refractivity contribution < 1.29 is 24.2 Å². The average Bonchev–Trinajstić information content (AvgIpc) is 2.98. The number of nitrogens with zero attached hydrogens (tertiary/aromatic N) is 3. The zero-order chi connectivity index (χ0) is 21.4. The topological polar surface area (TPSA) is 123 Å². The molecule has 0 spiro atoms. The van der Waals surface area contributed by atoms with Gasteiger partial charge in [0, 0.05) is 20.0 Å². The van der Waals surface area contributed by atoms with Gasteiger partial charge < -0.3 is 14.7 Å². The Morgan fingerprint density at radius 3 is 2.83 bits per heavy atom. The van der Waals surface area contributed by atoms with Crippen LogP contribution in [0.2, 0.25) is 0 Å². The van der Waals surface area contributed by atoms with Crippen LogP contribution in [0.3, 0.4) is 0 Å². The van der Waals surface area contributed by atoms with Crippen molar-refractivity contribution in [1.29, 1.82) is 0 Å². The zero-order valence-electron chi connectivity index (χ0n) is 16.3. The van der Waals surface area contributed by atoms with Gasteiger partial charge in [0.05, 0.1) is 29.7 Å². The summed E-state index contributed by atoms with van der Waals surface area (Å²) in [5.41, 5.74) is 1.29. The van der Waals surface area contributed by atoms with Crippen LogP contribution in [-0.2, 0) is 21.4 Å². The lowest BCUT2D eigenvalue weighted by Gasteiger charge is -2.28. The normalized spacial score (nSPS) is 21.8. The first-order valence-electron chi connectivity index (χ1n) is 9.51. The van der Waals surface area contributed by atoms with Gasteiger partial charge in [0.25, 0.3) is 0 Å². The van der Waals surface area contributed by atoms with E-state index >= 15 is 0 Å². The number of para-hydroxylation sites is 1. The molecule has 2 N–H and O–H groups in total. The van der Waals surface area contributed by atoms with Gasteiger partial charge in [-0.05, 0) is 18.6 Å². The second kappa shape index (κ2) is 7.68. The maximum absolute atomic E-state index is 12.9. The lowest BCUT2D eigenvalue weighted by molar-refractivity contribution is -0.135. The summed E-state index contributed by atoms with van der Waals surface area (Å²) < 4.78 is 8.35. The fourth-order valence-electron chi connectivity index (χ4n) is 3.84. The van der Waals surface area contributed by atoms with Crippen LogP contribution in [0, 0.1) is 11.8 Å². The monoisotopic (exact) mass is 412 g/mol. The minimum atomic E-state index is -1.02. The van der Waals surface area contributed by atoms with Crippen LogP contribution in [-0.4, -0.2) is 62.8 Å². The van der Waals surface area contributed by atoms with Crippen molar-refractivity contribution in [3.8, 4) is 11.8 Å². The van der Waals surface area contributed by atoms with Crippen LogP contribution >= 0.6 is 0 Å². The maximum atomic E-state index is 12.9. The molecule has 0 aliphatic carbocycles. The standard InChI is InChI=1S/C20H20N4O6/c1-22-17-12(5-6-13-11-23(20(28)29)9-10-30-13)3-2-4-14(17)24(19(22)27)15-7-8-16(25)21-18(15)26/h2-4,13,15H,7-11H2,1H3,(H,28,29)(H,21,25,26)/t13-,15?/m1/s1. The molecule has 1 aromatic carbocycles. The molecule has 2 fully saturated rings. The molecule has 2 aliphatic rings. The minimum Gasteiger partial charge on any atom is -0.465 e. The van der Waals surface area contributed by atoms with E-state index in [2.05, 4.69) is 17.2 Å². The van der Waals surface area contributed by atoms with E-state index in [1.54, 1.807) is 25.2 Å². The summed E-state index contributed by atoms with van der Waals surface area (Å²) in [5, 5.41) is 11.4. The molecule has 2 aromatic rings. The van der Waals surface area contributed by atoms with Crippen LogP contribution in [0.5, 0.6) is 0 Å². The number of ether oxygens (including phenoxy) is 1. The van der Waals surface area contributed by atoms with E-state index < -0.39 is 24.1 Å². The van der Waals surface area contributed by atoms with Gasteiger partial charge in [0.15, 0.2) is 0 Å². The second-order valence-corrected chi connectivity index (χ2v) is 7.21. The Kier molecular flexibility index (Phi) is 5.05. The molecule has 0 bridgehead atoms. The van der Waals surface area contributed by atoms with E-state index in [4.69, 9.17) is 9.84 Å². The third-order valence-electron chi connectivity index (χ3n) is 5.33. The number of imidazole rings is 1. The number of benzene rings is 1. The Hall–Kier alpha value is -3.58. The summed E-state index contributed by atoms with van der Waals surface area (Å²) in [7, 11) is 1.60. The number of carbonyl (C=O) groups is 3. The van der Waals surface area contributed by atoms with Crippen LogP contribution < -0.4 is 11.0 Å². The molecule has 0 saturated carbocycles. The van der Waals surface area contributed by atoms with Crippen molar-refractivity contribution in [2.75, 3.05) is 19.7 Å². The Labute approximate surface area is 171 Å². The number of hydrogen-bond donors (Lipinski definition) is 2. The summed E-state index contributed by atoms with van der Waals surface area (Å²) in [6.07, 6.45) is -1.17. The summed E-state index contributed by atoms with van der Waals surface area (Å²) >= 11 is 0. The lowest BCUT2D eigenvalue weighted by Crippen LogP contribution is -2.44. The molecule has 1 aromatic heterocycles. The molecular weight excluding hydrogens is 392 g/mol. The number of imide groups is 1. The number of hydrogen-bond acceptors (Lipinski definition) is 5. The molecule has 2 atom stereocenters. The molecule has 2 aliphatic heterocycles. The predicted octanol–water partition coefficient (Wildman–Crippen LogP) is 0.0480. The molecule has 0 radical (unpaired) electrons. The summed E-state index contributed by atoms with van der Waals surface area (Å²) in [5.74, 6) is 5.09. The smallest absolute Gasteiger partial charge is 0.407 e. The van der Waals surface area contributed by atoms with Crippen LogP contribution in [0.4, 0.5) is 4.79 Å². The van der Waals surface area contributed by atoms with E-state index in [0.717, 1.165) is 0 Å². The first kappa shape index (κ1) is 19.7. The summed E-state index contributed by atoms with van der Waals surface area (Å²) in [4.78, 5) is 49.1. The van der Waals surface area contributed by atoms with Gasteiger partial charge in [0.2, 0.25) is 11.8 Å². The SMILES string of the molecule is Cn1c(=O)n(C2CCC(=O)NC2=O)c2cccc(C#C[C@@H]3CN(C(=O)O)CCO3)c21. The van der Waals surface area contributed by atoms with Crippen molar-refractivity contribution in [2.24, 2.45) is 7.05 Å². The molecule has 3 amide bonds. The van der Waals surface area contributed by atoms with Gasteiger partial charge in [-0.15, -0.1) is 0 Å². The molecular formula is C20H20N4O6. The molecule has 1 unspecified atom stereocenters. The molecule has 10 nitrogen and oxygen atoms in total. The van der Waals surface area contributed by atoms with Gasteiger partial charge >= 0.3 is 11.8 Å². The van der Waals surface area contributed by atoms with E-state index in [0.29, 0.717) is 23.1 Å². The minimum absolute atomic E-state index is 0.147. The highest BCUT2D eigenvalue weighted by molar-refractivity contribution is 6.00. The van der Waals surface area contributed by atoms with Gasteiger partial charge in [-0.25, -0.2) is 9.59 Å². The van der Waals surface area contributed by atoms with Crippen LogP contribution in [0.25, 0.3) is 11.0 Å². The van der Waals surface area contributed by atoms with Gasteiger partial charge in [0.1, 0.15) is 12.1 Å². The number of piperidine rings is 1. The number of rotatable bonds is 1. The van der Waals surface area contributed by atoms with Gasteiger partial charge in [-0.2, -0.15) is 0 Å². The average molecular weight is 412 g/mol. The third-order valence-corrected chi connectivity index (χ3v) is 5.33. The van der Waals surface area contributed by atoms with E-state index in [1.165, 1.54) is 14.0 Å². The largest absolute Gasteiger partial charge is 0.465 e. The molecule has 156 valence electrons.